The topological polar surface area (TPSA) is 21.3 Å². The minimum absolute atomic E-state index is 0.0465. The molecular weight excluding hydrogens is 222 g/mol. The first kappa shape index (κ1) is 14.8. The van der Waals surface area contributed by atoms with Crippen molar-refractivity contribution in [1.82, 2.24) is 5.32 Å². The van der Waals surface area contributed by atoms with Crippen LogP contribution in [0.5, 0.6) is 5.75 Å². The number of hydrogen-bond donors (Lipinski definition) is 1. The van der Waals surface area contributed by atoms with Crippen LogP contribution in [0.2, 0.25) is 0 Å². The lowest BCUT2D eigenvalue weighted by atomic mass is 10.0. The Kier molecular flexibility index (Phi) is 5.93. The molecule has 2 atom stereocenters. The third-order valence-corrected chi connectivity index (χ3v) is 3.04. The van der Waals surface area contributed by atoms with Gasteiger partial charge in [-0.3, -0.25) is 0 Å². The molecule has 0 saturated carbocycles. The first-order valence-corrected chi connectivity index (χ1v) is 6.71. The molecule has 100 valence electrons. The predicted molar refractivity (Wildman–Crippen MR) is 78.2 cm³/mol. The van der Waals surface area contributed by atoms with E-state index in [9.17, 15) is 0 Å². The monoisotopic (exact) mass is 247 g/mol. The molecule has 0 heterocycles. The van der Waals surface area contributed by atoms with Gasteiger partial charge in [-0.2, -0.15) is 0 Å². The van der Waals surface area contributed by atoms with E-state index in [-0.39, 0.29) is 6.10 Å². The number of nitrogens with one attached hydrogen (secondary N) is 1. The lowest BCUT2D eigenvalue weighted by Gasteiger charge is -2.17. The zero-order valence-electron chi connectivity index (χ0n) is 12.0. The number of hydrogen-bond acceptors (Lipinski definition) is 2. The van der Waals surface area contributed by atoms with Crippen molar-refractivity contribution in [3.05, 3.63) is 42.0 Å². The maximum atomic E-state index is 5.77. The fourth-order valence-electron chi connectivity index (χ4n) is 1.80. The molecule has 0 aliphatic heterocycles. The molecular formula is C16H25NO. The fourth-order valence-corrected chi connectivity index (χ4v) is 1.80. The Labute approximate surface area is 111 Å². The van der Waals surface area contributed by atoms with Crippen LogP contribution in [-0.4, -0.2) is 12.6 Å². The van der Waals surface area contributed by atoms with Crippen molar-refractivity contribution in [1.29, 1.82) is 0 Å². The van der Waals surface area contributed by atoms with E-state index in [1.54, 1.807) is 6.08 Å². The van der Waals surface area contributed by atoms with Gasteiger partial charge in [-0.15, -0.1) is 0 Å². The second-order valence-electron chi connectivity index (χ2n) is 4.76. The maximum absolute atomic E-state index is 5.77. The molecule has 0 fully saturated rings. The maximum Gasteiger partial charge on any atom is 0.123 e. The van der Waals surface area contributed by atoms with E-state index in [1.165, 1.54) is 11.1 Å². The molecule has 1 rings (SSSR count). The summed E-state index contributed by atoms with van der Waals surface area (Å²) in [6.45, 7) is 13.2. The Morgan fingerprint density at radius 1 is 1.39 bits per heavy atom. The van der Waals surface area contributed by atoms with E-state index in [4.69, 9.17) is 4.74 Å². The Morgan fingerprint density at radius 3 is 2.67 bits per heavy atom. The van der Waals surface area contributed by atoms with Crippen LogP contribution in [0.15, 0.2) is 30.9 Å². The molecule has 0 spiro atoms. The molecule has 0 bridgehead atoms. The first-order chi connectivity index (χ1) is 8.58. The minimum atomic E-state index is 0.0465. The van der Waals surface area contributed by atoms with Gasteiger partial charge in [0.15, 0.2) is 0 Å². The van der Waals surface area contributed by atoms with E-state index in [1.807, 2.05) is 6.92 Å². The Hall–Kier alpha value is -1.28. The SMILES string of the molecule is C=CC(C)Oc1ccc(C(C)NCCC)cc1C. The Bertz CT molecular complexity index is 387. The van der Waals surface area contributed by atoms with Gasteiger partial charge in [0, 0.05) is 6.04 Å². The van der Waals surface area contributed by atoms with Crippen LogP contribution in [0.1, 0.15) is 44.4 Å². The molecule has 2 nitrogen and oxygen atoms in total. The lowest BCUT2D eigenvalue weighted by molar-refractivity contribution is 0.268. The highest BCUT2D eigenvalue weighted by Gasteiger charge is 2.08. The van der Waals surface area contributed by atoms with E-state index in [2.05, 4.69) is 50.9 Å². The summed E-state index contributed by atoms with van der Waals surface area (Å²) in [5.41, 5.74) is 2.48. The Balaban J connectivity index is 2.75. The largest absolute Gasteiger partial charge is 0.486 e. The van der Waals surface area contributed by atoms with Crippen LogP contribution in [0.25, 0.3) is 0 Å². The molecule has 0 aliphatic carbocycles. The highest BCUT2D eigenvalue weighted by atomic mass is 16.5. The zero-order chi connectivity index (χ0) is 13.5. The average molecular weight is 247 g/mol. The van der Waals surface area contributed by atoms with Gasteiger partial charge in [-0.25, -0.2) is 0 Å². The third kappa shape index (κ3) is 4.19. The van der Waals surface area contributed by atoms with Gasteiger partial charge in [0.2, 0.25) is 0 Å². The number of ether oxygens (including phenoxy) is 1. The summed E-state index contributed by atoms with van der Waals surface area (Å²) in [5.74, 6) is 0.939. The number of aryl methyl sites for hydroxylation is 1. The number of rotatable bonds is 7. The molecule has 1 aromatic rings. The molecule has 0 saturated heterocycles. The highest BCUT2D eigenvalue weighted by Crippen LogP contribution is 2.23. The molecule has 0 radical (unpaired) electrons. The fraction of sp³-hybridized carbons (Fsp3) is 0.500. The Morgan fingerprint density at radius 2 is 2.11 bits per heavy atom. The van der Waals surface area contributed by atoms with Crippen molar-refractivity contribution in [3.8, 4) is 5.75 Å². The van der Waals surface area contributed by atoms with Gasteiger partial charge < -0.3 is 10.1 Å². The molecule has 0 aliphatic rings. The normalized spacial score (nSPS) is 14.0. The molecule has 0 aromatic heterocycles. The van der Waals surface area contributed by atoms with Gasteiger partial charge >= 0.3 is 0 Å². The van der Waals surface area contributed by atoms with Crippen LogP contribution >= 0.6 is 0 Å². The zero-order valence-corrected chi connectivity index (χ0v) is 12.0. The molecule has 1 aromatic carbocycles. The molecule has 0 amide bonds. The lowest BCUT2D eigenvalue weighted by Crippen LogP contribution is -2.19. The molecule has 2 heteroatoms. The van der Waals surface area contributed by atoms with Gasteiger partial charge in [0.25, 0.3) is 0 Å². The van der Waals surface area contributed by atoms with E-state index >= 15 is 0 Å². The van der Waals surface area contributed by atoms with Crippen molar-refractivity contribution < 1.29 is 4.74 Å². The van der Waals surface area contributed by atoms with E-state index < -0.39 is 0 Å². The minimum Gasteiger partial charge on any atom is -0.486 e. The second kappa shape index (κ2) is 7.22. The summed E-state index contributed by atoms with van der Waals surface area (Å²) in [6.07, 6.45) is 3.00. The van der Waals surface area contributed by atoms with Gasteiger partial charge in [0.1, 0.15) is 11.9 Å². The number of benzene rings is 1. The van der Waals surface area contributed by atoms with E-state index in [0.717, 1.165) is 18.7 Å². The summed E-state index contributed by atoms with van der Waals surface area (Å²) in [4.78, 5) is 0. The van der Waals surface area contributed by atoms with Crippen molar-refractivity contribution in [2.45, 2.75) is 46.3 Å². The smallest absolute Gasteiger partial charge is 0.123 e. The predicted octanol–water partition coefficient (Wildman–Crippen LogP) is 4.01. The summed E-state index contributed by atoms with van der Waals surface area (Å²) in [5, 5.41) is 3.49. The summed E-state index contributed by atoms with van der Waals surface area (Å²) in [6, 6.07) is 6.76. The highest BCUT2D eigenvalue weighted by molar-refractivity contribution is 5.37. The van der Waals surface area contributed by atoms with Crippen LogP contribution in [0.4, 0.5) is 0 Å². The van der Waals surface area contributed by atoms with Crippen molar-refractivity contribution in [2.24, 2.45) is 0 Å². The van der Waals surface area contributed by atoms with Crippen LogP contribution < -0.4 is 10.1 Å². The van der Waals surface area contributed by atoms with Crippen LogP contribution in [-0.2, 0) is 0 Å². The second-order valence-corrected chi connectivity index (χ2v) is 4.76. The quantitative estimate of drug-likeness (QED) is 0.735. The van der Waals surface area contributed by atoms with Gasteiger partial charge in [0.05, 0.1) is 0 Å². The van der Waals surface area contributed by atoms with Gasteiger partial charge in [-0.1, -0.05) is 31.7 Å². The van der Waals surface area contributed by atoms with Crippen LogP contribution in [0.3, 0.4) is 0 Å². The van der Waals surface area contributed by atoms with Crippen LogP contribution in [0, 0.1) is 6.92 Å². The molecule has 18 heavy (non-hydrogen) atoms. The van der Waals surface area contributed by atoms with E-state index in [0.29, 0.717) is 6.04 Å². The summed E-state index contributed by atoms with van der Waals surface area (Å²) >= 11 is 0. The summed E-state index contributed by atoms with van der Waals surface area (Å²) < 4.78 is 5.77. The molecule has 2 unspecified atom stereocenters. The standard InChI is InChI=1S/C16H25NO/c1-6-10-17-14(5)15-8-9-16(12(3)11-15)18-13(4)7-2/h7-9,11,13-14,17H,2,6,10H2,1,3-5H3. The van der Waals surface area contributed by atoms with Crippen molar-refractivity contribution >= 4 is 0 Å². The average Bonchev–Trinajstić information content (AvgIpc) is 2.38. The van der Waals surface area contributed by atoms with Gasteiger partial charge in [-0.05, 0) is 50.9 Å². The first-order valence-electron chi connectivity index (χ1n) is 6.71. The van der Waals surface area contributed by atoms with Crippen molar-refractivity contribution in [2.75, 3.05) is 6.54 Å². The third-order valence-electron chi connectivity index (χ3n) is 3.04. The summed E-state index contributed by atoms with van der Waals surface area (Å²) in [7, 11) is 0. The molecule has 1 N–H and O–H groups in total. The van der Waals surface area contributed by atoms with Crippen molar-refractivity contribution in [3.63, 3.8) is 0 Å².